The average Bonchev–Trinajstić information content (AvgIpc) is 2.85. The molecule has 1 heterocycles. The van der Waals surface area contributed by atoms with E-state index in [0.29, 0.717) is 29.7 Å². The van der Waals surface area contributed by atoms with Gasteiger partial charge in [-0.05, 0) is 48.4 Å². The van der Waals surface area contributed by atoms with E-state index < -0.39 is 15.1 Å². The number of benzene rings is 3. The van der Waals surface area contributed by atoms with Gasteiger partial charge in [0.05, 0.1) is 22.0 Å². The number of para-hydroxylation sites is 2. The van der Waals surface area contributed by atoms with E-state index in [1.54, 1.807) is 18.2 Å². The van der Waals surface area contributed by atoms with Crippen molar-refractivity contribution in [3.8, 4) is 6.07 Å². The SMILES string of the molecule is CC(=O)Nc1ccc(S(=O)(=O)[C@@H](C#N)c2nc3ccccc3nc2NCCc2ccccc2)cc1. The van der Waals surface area contributed by atoms with E-state index in [0.717, 1.165) is 5.56 Å². The van der Waals surface area contributed by atoms with Gasteiger partial charge in [-0.1, -0.05) is 42.5 Å². The summed E-state index contributed by atoms with van der Waals surface area (Å²) in [6.45, 7) is 1.84. The van der Waals surface area contributed by atoms with Gasteiger partial charge in [-0.15, -0.1) is 0 Å². The Hall–Kier alpha value is -4.29. The van der Waals surface area contributed by atoms with Gasteiger partial charge in [0.1, 0.15) is 5.69 Å². The summed E-state index contributed by atoms with van der Waals surface area (Å²) in [5, 5.41) is 14.2. The first kappa shape index (κ1) is 23.9. The fourth-order valence-electron chi connectivity index (χ4n) is 3.64. The maximum absolute atomic E-state index is 13.5. The minimum Gasteiger partial charge on any atom is -0.368 e. The number of anilines is 2. The van der Waals surface area contributed by atoms with Crippen molar-refractivity contribution < 1.29 is 13.2 Å². The summed E-state index contributed by atoms with van der Waals surface area (Å²) in [4.78, 5) is 20.3. The molecule has 0 bridgehead atoms. The van der Waals surface area contributed by atoms with Gasteiger partial charge < -0.3 is 10.6 Å². The van der Waals surface area contributed by atoms with Crippen LogP contribution in [0.2, 0.25) is 0 Å². The maximum Gasteiger partial charge on any atom is 0.221 e. The van der Waals surface area contributed by atoms with Crippen molar-refractivity contribution >= 4 is 38.3 Å². The van der Waals surface area contributed by atoms with E-state index in [-0.39, 0.29) is 22.3 Å². The highest BCUT2D eigenvalue weighted by Crippen LogP contribution is 2.32. The van der Waals surface area contributed by atoms with E-state index in [1.165, 1.54) is 31.2 Å². The van der Waals surface area contributed by atoms with E-state index in [4.69, 9.17) is 0 Å². The Morgan fingerprint density at radius 1 is 0.943 bits per heavy atom. The quantitative estimate of drug-likeness (QED) is 0.381. The van der Waals surface area contributed by atoms with Crippen LogP contribution in [0.1, 0.15) is 23.4 Å². The summed E-state index contributed by atoms with van der Waals surface area (Å²) in [6.07, 6.45) is 0.684. The second-order valence-electron chi connectivity index (χ2n) is 7.87. The van der Waals surface area contributed by atoms with Crippen molar-refractivity contribution in [1.82, 2.24) is 9.97 Å². The Bertz CT molecular complexity index is 1500. The van der Waals surface area contributed by atoms with Crippen LogP contribution in [0, 0.1) is 11.3 Å². The monoisotopic (exact) mass is 485 g/mol. The molecule has 4 aromatic rings. The average molecular weight is 486 g/mol. The van der Waals surface area contributed by atoms with Crippen molar-refractivity contribution in [2.24, 2.45) is 0 Å². The lowest BCUT2D eigenvalue weighted by Gasteiger charge is -2.16. The predicted octanol–water partition coefficient (Wildman–Crippen LogP) is 4.28. The van der Waals surface area contributed by atoms with Gasteiger partial charge in [0.25, 0.3) is 0 Å². The lowest BCUT2D eigenvalue weighted by atomic mass is 10.1. The Morgan fingerprint density at radius 2 is 1.57 bits per heavy atom. The van der Waals surface area contributed by atoms with Gasteiger partial charge in [-0.3, -0.25) is 4.79 Å². The fraction of sp³-hybridized carbons (Fsp3) is 0.154. The first-order valence-electron chi connectivity index (χ1n) is 10.9. The van der Waals surface area contributed by atoms with Crippen molar-refractivity contribution in [3.63, 3.8) is 0 Å². The Labute approximate surface area is 203 Å². The van der Waals surface area contributed by atoms with Crippen LogP contribution in [0.15, 0.2) is 83.8 Å². The number of nitrogens with one attached hydrogen (secondary N) is 2. The molecule has 1 aromatic heterocycles. The number of nitrogens with zero attached hydrogens (tertiary/aromatic N) is 3. The van der Waals surface area contributed by atoms with Crippen LogP contribution < -0.4 is 10.6 Å². The highest BCUT2D eigenvalue weighted by molar-refractivity contribution is 7.92. The number of carbonyl (C=O) groups is 1. The summed E-state index contributed by atoms with van der Waals surface area (Å²) in [5.41, 5.74) is 2.70. The topological polar surface area (TPSA) is 125 Å². The van der Waals surface area contributed by atoms with Crippen molar-refractivity contribution in [2.75, 3.05) is 17.2 Å². The molecular weight excluding hydrogens is 462 g/mol. The molecule has 4 rings (SSSR count). The Balaban J connectivity index is 1.70. The lowest BCUT2D eigenvalue weighted by molar-refractivity contribution is -0.114. The molecule has 0 saturated heterocycles. The molecule has 0 radical (unpaired) electrons. The molecule has 9 heteroatoms. The number of nitriles is 1. The van der Waals surface area contributed by atoms with Crippen molar-refractivity contribution in [1.29, 1.82) is 5.26 Å². The van der Waals surface area contributed by atoms with Crippen LogP contribution in [-0.2, 0) is 21.1 Å². The number of amides is 1. The third-order valence-electron chi connectivity index (χ3n) is 5.33. The zero-order valence-corrected chi connectivity index (χ0v) is 19.8. The Kier molecular flexibility index (Phi) is 7.03. The van der Waals surface area contributed by atoms with Crippen LogP contribution in [0.5, 0.6) is 0 Å². The molecule has 0 aliphatic heterocycles. The summed E-state index contributed by atoms with van der Waals surface area (Å²) >= 11 is 0. The second kappa shape index (κ2) is 10.3. The highest BCUT2D eigenvalue weighted by Gasteiger charge is 2.33. The van der Waals surface area contributed by atoms with Gasteiger partial charge in [0, 0.05) is 19.2 Å². The molecule has 2 N–H and O–H groups in total. The van der Waals surface area contributed by atoms with Gasteiger partial charge in [-0.25, -0.2) is 18.4 Å². The smallest absolute Gasteiger partial charge is 0.221 e. The molecule has 0 aliphatic rings. The van der Waals surface area contributed by atoms with E-state index >= 15 is 0 Å². The third-order valence-corrected chi connectivity index (χ3v) is 7.20. The summed E-state index contributed by atoms with van der Waals surface area (Å²) in [5.74, 6) is -0.0159. The molecule has 35 heavy (non-hydrogen) atoms. The number of rotatable bonds is 8. The molecule has 0 spiro atoms. The first-order valence-corrected chi connectivity index (χ1v) is 12.5. The van der Waals surface area contributed by atoms with Crippen LogP contribution in [0.3, 0.4) is 0 Å². The summed E-state index contributed by atoms with van der Waals surface area (Å²) in [7, 11) is -4.13. The summed E-state index contributed by atoms with van der Waals surface area (Å²) in [6, 6.07) is 24.6. The Morgan fingerprint density at radius 3 is 2.20 bits per heavy atom. The molecule has 0 saturated carbocycles. The first-order chi connectivity index (χ1) is 16.9. The molecule has 0 aliphatic carbocycles. The standard InChI is InChI=1S/C26H23N5O3S/c1-18(32)29-20-11-13-21(14-12-20)35(33,34)24(17-27)25-26(28-16-15-19-7-3-2-4-8-19)31-23-10-6-5-9-22(23)30-25/h2-14,24H,15-16H2,1H3,(H,28,31)(H,29,32)/t24-/m0/s1. The fourth-order valence-corrected chi connectivity index (χ4v) is 5.03. The summed E-state index contributed by atoms with van der Waals surface area (Å²) < 4.78 is 27.0. The molecule has 3 aromatic carbocycles. The van der Waals surface area contributed by atoms with Crippen LogP contribution >= 0.6 is 0 Å². The molecule has 1 atom stereocenters. The lowest BCUT2D eigenvalue weighted by Crippen LogP contribution is -2.18. The number of hydrogen-bond acceptors (Lipinski definition) is 7. The molecule has 1 amide bonds. The molecular formula is C26H23N5O3S. The van der Waals surface area contributed by atoms with E-state index in [2.05, 4.69) is 20.6 Å². The van der Waals surface area contributed by atoms with Gasteiger partial charge >= 0.3 is 0 Å². The largest absolute Gasteiger partial charge is 0.368 e. The number of fused-ring (bicyclic) bond motifs is 1. The van der Waals surface area contributed by atoms with E-state index in [9.17, 15) is 18.5 Å². The van der Waals surface area contributed by atoms with Gasteiger partial charge in [0.2, 0.25) is 15.7 Å². The number of carbonyl (C=O) groups excluding carboxylic acids is 1. The molecule has 176 valence electrons. The van der Waals surface area contributed by atoms with Crippen LogP contribution in [0.4, 0.5) is 11.5 Å². The van der Waals surface area contributed by atoms with Gasteiger partial charge in [-0.2, -0.15) is 5.26 Å². The normalized spacial score (nSPS) is 12.0. The molecule has 0 unspecified atom stereocenters. The van der Waals surface area contributed by atoms with Crippen LogP contribution in [-0.4, -0.2) is 30.8 Å². The molecule has 0 fully saturated rings. The highest BCUT2D eigenvalue weighted by atomic mass is 32.2. The maximum atomic E-state index is 13.5. The van der Waals surface area contributed by atoms with Crippen molar-refractivity contribution in [3.05, 3.63) is 90.1 Å². The number of aromatic nitrogens is 2. The van der Waals surface area contributed by atoms with Crippen LogP contribution in [0.25, 0.3) is 11.0 Å². The minimum atomic E-state index is -4.13. The predicted molar refractivity (Wildman–Crippen MR) is 134 cm³/mol. The zero-order chi connectivity index (χ0) is 24.8. The zero-order valence-electron chi connectivity index (χ0n) is 19.0. The minimum absolute atomic E-state index is 0.0465. The third kappa shape index (κ3) is 5.45. The molecule has 8 nitrogen and oxygen atoms in total. The van der Waals surface area contributed by atoms with E-state index in [1.807, 2.05) is 42.5 Å². The number of sulfone groups is 1. The van der Waals surface area contributed by atoms with Gasteiger partial charge in [0.15, 0.2) is 11.1 Å². The number of hydrogen-bond donors (Lipinski definition) is 2. The van der Waals surface area contributed by atoms with Crippen molar-refractivity contribution in [2.45, 2.75) is 23.5 Å². The second-order valence-corrected chi connectivity index (χ2v) is 9.90.